The second-order valence-corrected chi connectivity index (χ2v) is 11.1. The number of nitrogens with one attached hydrogen (secondary N) is 2. The molecule has 1 saturated carbocycles. The Hall–Kier alpha value is -4.13. The number of hydrogen-bond donors (Lipinski definition) is 2. The third-order valence-corrected chi connectivity index (χ3v) is 7.50. The van der Waals surface area contributed by atoms with Crippen molar-refractivity contribution in [3.05, 3.63) is 70.9 Å². The first-order chi connectivity index (χ1) is 19.2. The average molecular weight is 558 g/mol. The predicted molar refractivity (Wildman–Crippen MR) is 157 cm³/mol. The van der Waals surface area contributed by atoms with Gasteiger partial charge in [-0.1, -0.05) is 30.7 Å². The van der Waals surface area contributed by atoms with Gasteiger partial charge in [0, 0.05) is 49.3 Å². The van der Waals surface area contributed by atoms with Crippen LogP contribution < -0.4 is 20.3 Å². The molecule has 1 amide bonds. The van der Waals surface area contributed by atoms with Gasteiger partial charge in [-0.3, -0.25) is 4.79 Å². The van der Waals surface area contributed by atoms with Gasteiger partial charge in [-0.2, -0.15) is 10.2 Å². The number of hydrogen-bond acceptors (Lipinski definition) is 8. The van der Waals surface area contributed by atoms with E-state index in [0.29, 0.717) is 17.4 Å². The summed E-state index contributed by atoms with van der Waals surface area (Å²) >= 11 is 6.35. The minimum atomic E-state index is -0.451. The number of anilines is 4. The van der Waals surface area contributed by atoms with Crippen LogP contribution in [0.25, 0.3) is 0 Å². The summed E-state index contributed by atoms with van der Waals surface area (Å²) in [4.78, 5) is 26.2. The number of piperazine rings is 1. The van der Waals surface area contributed by atoms with E-state index in [1.54, 1.807) is 30.3 Å². The molecule has 40 heavy (non-hydrogen) atoms. The Bertz CT molecular complexity index is 1490. The molecule has 9 nitrogen and oxygen atoms in total. The van der Waals surface area contributed by atoms with Crippen molar-refractivity contribution < 1.29 is 9.53 Å². The van der Waals surface area contributed by atoms with Crippen LogP contribution >= 0.6 is 11.6 Å². The number of halogens is 1. The van der Waals surface area contributed by atoms with E-state index in [-0.39, 0.29) is 21.9 Å². The third kappa shape index (κ3) is 6.71. The van der Waals surface area contributed by atoms with Gasteiger partial charge < -0.3 is 25.2 Å². The summed E-state index contributed by atoms with van der Waals surface area (Å²) in [6, 6.07) is 15.1. The zero-order valence-electron chi connectivity index (χ0n) is 22.9. The number of amides is 1. The zero-order valence-corrected chi connectivity index (χ0v) is 23.6. The molecule has 2 aromatic carbocycles. The summed E-state index contributed by atoms with van der Waals surface area (Å²) in [7, 11) is 2.15. The van der Waals surface area contributed by atoms with Crippen molar-refractivity contribution in [3.63, 3.8) is 0 Å². The van der Waals surface area contributed by atoms with E-state index in [1.807, 2.05) is 26.0 Å². The van der Waals surface area contributed by atoms with Gasteiger partial charge in [-0.05, 0) is 68.1 Å². The summed E-state index contributed by atoms with van der Waals surface area (Å²) in [6.45, 7) is 8.19. The molecule has 2 fully saturated rings. The number of carbonyl (C=O) groups excluding carboxylic acids is 1. The molecule has 2 heterocycles. The van der Waals surface area contributed by atoms with E-state index >= 15 is 0 Å². The molecule has 206 valence electrons. The fourth-order valence-corrected chi connectivity index (χ4v) is 4.57. The molecule has 0 spiro atoms. The lowest BCUT2D eigenvalue weighted by Gasteiger charge is -2.34. The van der Waals surface area contributed by atoms with Crippen LogP contribution in [0.1, 0.15) is 25.3 Å². The highest BCUT2D eigenvalue weighted by atomic mass is 35.5. The number of likely N-dealkylation sites (N-methyl/N-ethyl adjacent to an activating group) is 1. The van der Waals surface area contributed by atoms with Gasteiger partial charge in [0.05, 0.1) is 6.20 Å². The van der Waals surface area contributed by atoms with Gasteiger partial charge in [0.1, 0.15) is 22.4 Å². The molecule has 0 unspecified atom stereocenters. The van der Waals surface area contributed by atoms with Gasteiger partial charge in [-0.15, -0.1) is 0 Å². The second-order valence-electron chi connectivity index (χ2n) is 10.7. The van der Waals surface area contributed by atoms with E-state index in [0.717, 1.165) is 50.3 Å². The molecule has 0 radical (unpaired) electrons. The van der Waals surface area contributed by atoms with Crippen molar-refractivity contribution in [3.8, 4) is 17.7 Å². The number of nitrogens with zero attached hydrogens (tertiary/aromatic N) is 5. The highest BCUT2D eigenvalue weighted by molar-refractivity contribution is 6.31. The van der Waals surface area contributed by atoms with E-state index in [1.165, 1.54) is 11.9 Å². The quantitative estimate of drug-likeness (QED) is 0.260. The SMILES string of the molecule is Cc1cc(N2CCN(C)CC2)ccc1Nc1ncc(Cl)c(Oc2cccc(NC(=O)/C(C#N)=C/C3(C)CC3)c2)n1. The van der Waals surface area contributed by atoms with Gasteiger partial charge >= 0.3 is 0 Å². The monoisotopic (exact) mass is 557 g/mol. The maximum Gasteiger partial charge on any atom is 0.266 e. The fraction of sp³-hybridized carbons (Fsp3) is 0.333. The normalized spacial score (nSPS) is 16.7. The van der Waals surface area contributed by atoms with Crippen LogP contribution in [0.5, 0.6) is 11.6 Å². The minimum absolute atomic E-state index is 0.0615. The average Bonchev–Trinajstić information content (AvgIpc) is 3.67. The lowest BCUT2D eigenvalue weighted by Crippen LogP contribution is -2.44. The Labute approximate surface area is 239 Å². The molecule has 1 saturated heterocycles. The van der Waals surface area contributed by atoms with Crippen LogP contribution in [0.15, 0.2) is 60.3 Å². The van der Waals surface area contributed by atoms with Crippen molar-refractivity contribution in [2.75, 3.05) is 48.8 Å². The van der Waals surface area contributed by atoms with Gasteiger partial charge in [0.25, 0.3) is 5.91 Å². The Morgan fingerprint density at radius 1 is 1.18 bits per heavy atom. The number of ether oxygens (including phenoxy) is 1. The summed E-state index contributed by atoms with van der Waals surface area (Å²) < 4.78 is 5.96. The van der Waals surface area contributed by atoms with Crippen LogP contribution in [0.4, 0.5) is 23.0 Å². The molecule has 10 heteroatoms. The van der Waals surface area contributed by atoms with E-state index in [9.17, 15) is 10.1 Å². The Morgan fingerprint density at radius 2 is 1.95 bits per heavy atom. The zero-order chi connectivity index (χ0) is 28.3. The highest BCUT2D eigenvalue weighted by Crippen LogP contribution is 2.47. The summed E-state index contributed by atoms with van der Waals surface area (Å²) in [5.74, 6) is 0.493. The van der Waals surface area contributed by atoms with Crippen molar-refractivity contribution in [1.82, 2.24) is 14.9 Å². The maximum atomic E-state index is 12.6. The molecule has 5 rings (SSSR count). The topological polar surface area (TPSA) is 106 Å². The van der Waals surface area contributed by atoms with Crippen molar-refractivity contribution in [2.24, 2.45) is 5.41 Å². The molecular weight excluding hydrogens is 526 g/mol. The van der Waals surface area contributed by atoms with Crippen LogP contribution in [0, 0.1) is 23.7 Å². The van der Waals surface area contributed by atoms with E-state index in [2.05, 4.69) is 49.6 Å². The first-order valence-corrected chi connectivity index (χ1v) is 13.7. The minimum Gasteiger partial charge on any atom is -0.437 e. The number of carbonyl (C=O) groups is 1. The highest BCUT2D eigenvalue weighted by Gasteiger charge is 2.36. The number of aromatic nitrogens is 2. The number of allylic oxidation sites excluding steroid dienone is 1. The van der Waals surface area contributed by atoms with Crippen molar-refractivity contribution >= 4 is 40.5 Å². The summed E-state index contributed by atoms with van der Waals surface area (Å²) in [5, 5.41) is 15.7. The number of rotatable bonds is 8. The second kappa shape index (κ2) is 11.5. The lowest BCUT2D eigenvalue weighted by molar-refractivity contribution is -0.112. The first kappa shape index (κ1) is 27.4. The number of nitriles is 1. The number of aryl methyl sites for hydroxylation is 1. The largest absolute Gasteiger partial charge is 0.437 e. The predicted octanol–water partition coefficient (Wildman–Crippen LogP) is 5.91. The first-order valence-electron chi connectivity index (χ1n) is 13.3. The van der Waals surface area contributed by atoms with Crippen molar-refractivity contribution in [2.45, 2.75) is 26.7 Å². The molecule has 2 aliphatic rings. The van der Waals surface area contributed by atoms with Gasteiger partial charge in [0.2, 0.25) is 11.8 Å². The molecule has 1 aliphatic carbocycles. The number of benzene rings is 2. The van der Waals surface area contributed by atoms with Crippen molar-refractivity contribution in [1.29, 1.82) is 5.26 Å². The fourth-order valence-electron chi connectivity index (χ4n) is 4.44. The van der Waals surface area contributed by atoms with Gasteiger partial charge in [0.15, 0.2) is 0 Å². The summed E-state index contributed by atoms with van der Waals surface area (Å²) in [6.07, 6.45) is 5.19. The molecular formula is C30H32ClN7O2. The lowest BCUT2D eigenvalue weighted by atomic mass is 10.1. The van der Waals surface area contributed by atoms with E-state index < -0.39 is 5.91 Å². The van der Waals surface area contributed by atoms with Crippen LogP contribution in [-0.4, -0.2) is 54.0 Å². The molecule has 1 aliphatic heterocycles. The molecule has 1 aromatic heterocycles. The van der Waals surface area contributed by atoms with Crippen LogP contribution in [0.2, 0.25) is 5.02 Å². The smallest absolute Gasteiger partial charge is 0.266 e. The Balaban J connectivity index is 1.26. The maximum absolute atomic E-state index is 12.6. The van der Waals surface area contributed by atoms with Crippen LogP contribution in [0.3, 0.4) is 0 Å². The van der Waals surface area contributed by atoms with Gasteiger partial charge in [-0.25, -0.2) is 4.98 Å². The third-order valence-electron chi connectivity index (χ3n) is 7.24. The summed E-state index contributed by atoms with van der Waals surface area (Å²) in [5.41, 5.74) is 3.69. The van der Waals surface area contributed by atoms with Crippen LogP contribution in [-0.2, 0) is 4.79 Å². The standard InChI is InChI=1S/C30H32ClN7O2/c1-20-15-23(38-13-11-37(3)12-14-38)7-8-26(20)35-29-33-19-25(31)28(36-29)40-24-6-4-5-22(16-24)34-27(39)21(18-32)17-30(2)9-10-30/h4-8,15-17,19H,9-14H2,1-3H3,(H,34,39)(H,33,35,36)/b21-17+. The Kier molecular flexibility index (Phi) is 7.92. The molecule has 0 bridgehead atoms. The molecule has 0 atom stereocenters. The Morgan fingerprint density at radius 3 is 2.65 bits per heavy atom. The molecule has 3 aromatic rings. The molecule has 2 N–H and O–H groups in total. The van der Waals surface area contributed by atoms with E-state index in [4.69, 9.17) is 16.3 Å².